The summed E-state index contributed by atoms with van der Waals surface area (Å²) in [6.07, 6.45) is 3.91. The molecule has 1 heterocycles. The number of hydrogen-bond acceptors (Lipinski definition) is 1. The highest BCUT2D eigenvalue weighted by molar-refractivity contribution is 9.09. The van der Waals surface area contributed by atoms with Crippen molar-refractivity contribution in [2.45, 2.75) is 39.5 Å². The van der Waals surface area contributed by atoms with Crippen molar-refractivity contribution in [2.24, 2.45) is 5.92 Å². The molecule has 0 atom stereocenters. The van der Waals surface area contributed by atoms with Crippen molar-refractivity contribution < 1.29 is 4.79 Å². The highest BCUT2D eigenvalue weighted by atomic mass is 79.9. The maximum absolute atomic E-state index is 12.5. The minimum Gasteiger partial charge on any atom is -0.312 e. The fourth-order valence-corrected chi connectivity index (χ4v) is 3.26. The zero-order valence-corrected chi connectivity index (χ0v) is 13.4. The van der Waals surface area contributed by atoms with Crippen molar-refractivity contribution in [3.63, 3.8) is 0 Å². The molecule has 0 unspecified atom stereocenters. The Morgan fingerprint density at radius 1 is 1.37 bits per heavy atom. The number of rotatable bonds is 5. The molecule has 0 bridgehead atoms. The molecule has 19 heavy (non-hydrogen) atoms. The maximum Gasteiger partial charge on any atom is 0.230 e. The molecule has 0 fully saturated rings. The topological polar surface area (TPSA) is 20.3 Å². The molecule has 2 rings (SSSR count). The molecule has 1 aliphatic rings. The van der Waals surface area contributed by atoms with Gasteiger partial charge in [0.25, 0.3) is 0 Å². The van der Waals surface area contributed by atoms with E-state index >= 15 is 0 Å². The number of fused-ring (bicyclic) bond motifs is 1. The summed E-state index contributed by atoms with van der Waals surface area (Å²) in [5.74, 6) is 0.477. The highest BCUT2D eigenvalue weighted by Crippen LogP contribution is 2.31. The first-order valence-electron chi connectivity index (χ1n) is 7.20. The molecule has 0 saturated heterocycles. The van der Waals surface area contributed by atoms with Gasteiger partial charge in [-0.1, -0.05) is 41.9 Å². The Labute approximate surface area is 124 Å². The van der Waals surface area contributed by atoms with Crippen LogP contribution >= 0.6 is 15.9 Å². The lowest BCUT2D eigenvalue weighted by Gasteiger charge is -2.22. The van der Waals surface area contributed by atoms with Gasteiger partial charge in [0.15, 0.2) is 0 Å². The number of benzene rings is 1. The Bertz CT molecular complexity index is 454. The summed E-state index contributed by atoms with van der Waals surface area (Å²) in [4.78, 5) is 14.5. The Morgan fingerprint density at radius 2 is 2.11 bits per heavy atom. The fraction of sp³-hybridized carbons (Fsp3) is 0.562. The molecule has 1 aromatic carbocycles. The molecule has 1 aliphatic heterocycles. The SMILES string of the molecule is CCC(CC)C(=O)N1CCc2cc(CCBr)ccc21. The zero-order chi connectivity index (χ0) is 13.8. The molecule has 104 valence electrons. The van der Waals surface area contributed by atoms with Crippen molar-refractivity contribution in [2.75, 3.05) is 16.8 Å². The first-order valence-corrected chi connectivity index (χ1v) is 8.32. The van der Waals surface area contributed by atoms with Crippen molar-refractivity contribution in [1.82, 2.24) is 0 Å². The summed E-state index contributed by atoms with van der Waals surface area (Å²) in [5, 5.41) is 0.988. The number of carbonyl (C=O) groups excluding carboxylic acids is 1. The predicted molar refractivity (Wildman–Crippen MR) is 84.1 cm³/mol. The molecule has 0 aromatic heterocycles. The third-order valence-corrected chi connectivity index (χ3v) is 4.42. The van der Waals surface area contributed by atoms with Gasteiger partial charge in [0.1, 0.15) is 0 Å². The van der Waals surface area contributed by atoms with Crippen molar-refractivity contribution in [3.8, 4) is 0 Å². The van der Waals surface area contributed by atoms with Crippen LogP contribution in [-0.2, 0) is 17.6 Å². The van der Waals surface area contributed by atoms with Crippen LogP contribution in [0, 0.1) is 5.92 Å². The average Bonchev–Trinajstić information content (AvgIpc) is 2.83. The summed E-state index contributed by atoms with van der Waals surface area (Å²) in [6.45, 7) is 5.05. The molecular formula is C16H22BrNO. The largest absolute Gasteiger partial charge is 0.312 e. The van der Waals surface area contributed by atoms with Gasteiger partial charge >= 0.3 is 0 Å². The van der Waals surface area contributed by atoms with E-state index in [0.29, 0.717) is 5.91 Å². The number of hydrogen-bond donors (Lipinski definition) is 0. The number of nitrogens with zero attached hydrogens (tertiary/aromatic N) is 1. The quantitative estimate of drug-likeness (QED) is 0.751. The zero-order valence-electron chi connectivity index (χ0n) is 11.8. The highest BCUT2D eigenvalue weighted by Gasteiger charge is 2.28. The van der Waals surface area contributed by atoms with Gasteiger partial charge in [-0.25, -0.2) is 0 Å². The van der Waals surface area contributed by atoms with Gasteiger partial charge in [-0.3, -0.25) is 4.79 Å². The Balaban J connectivity index is 2.20. The van der Waals surface area contributed by atoms with E-state index in [1.165, 1.54) is 11.1 Å². The van der Waals surface area contributed by atoms with Crippen LogP contribution in [0.4, 0.5) is 5.69 Å². The van der Waals surface area contributed by atoms with Crippen LogP contribution in [0.3, 0.4) is 0 Å². The van der Waals surface area contributed by atoms with E-state index in [0.717, 1.165) is 43.2 Å². The van der Waals surface area contributed by atoms with E-state index in [9.17, 15) is 4.79 Å². The van der Waals surface area contributed by atoms with Crippen LogP contribution < -0.4 is 4.90 Å². The van der Waals surface area contributed by atoms with Crippen LogP contribution in [0.5, 0.6) is 0 Å². The van der Waals surface area contributed by atoms with E-state index in [1.54, 1.807) is 0 Å². The van der Waals surface area contributed by atoms with Crippen LogP contribution in [0.25, 0.3) is 0 Å². The number of carbonyl (C=O) groups is 1. The molecule has 0 N–H and O–H groups in total. The average molecular weight is 324 g/mol. The van der Waals surface area contributed by atoms with Crippen molar-refractivity contribution in [3.05, 3.63) is 29.3 Å². The van der Waals surface area contributed by atoms with Crippen molar-refractivity contribution in [1.29, 1.82) is 0 Å². The van der Waals surface area contributed by atoms with Gasteiger partial charge in [0.2, 0.25) is 5.91 Å². The predicted octanol–water partition coefficient (Wildman–Crippen LogP) is 3.95. The van der Waals surface area contributed by atoms with E-state index in [2.05, 4.69) is 48.0 Å². The molecule has 2 nitrogen and oxygen atoms in total. The third-order valence-electron chi connectivity index (χ3n) is 4.02. The maximum atomic E-state index is 12.5. The minimum absolute atomic E-state index is 0.174. The number of alkyl halides is 1. The molecule has 0 saturated carbocycles. The van der Waals surface area contributed by atoms with Gasteiger partial charge < -0.3 is 4.90 Å². The molecule has 0 spiro atoms. The van der Waals surface area contributed by atoms with Crippen LogP contribution in [-0.4, -0.2) is 17.8 Å². The van der Waals surface area contributed by atoms with Gasteiger partial charge in [-0.15, -0.1) is 0 Å². The van der Waals surface area contributed by atoms with E-state index in [1.807, 2.05) is 4.90 Å². The lowest BCUT2D eigenvalue weighted by molar-refractivity contribution is -0.122. The second-order valence-corrected chi connectivity index (χ2v) is 5.95. The second kappa shape index (κ2) is 6.56. The number of halogens is 1. The minimum atomic E-state index is 0.174. The fourth-order valence-electron chi connectivity index (χ4n) is 2.81. The van der Waals surface area contributed by atoms with E-state index in [-0.39, 0.29) is 5.92 Å². The van der Waals surface area contributed by atoms with Gasteiger partial charge in [-0.05, 0) is 42.9 Å². The third kappa shape index (κ3) is 3.02. The summed E-state index contributed by atoms with van der Waals surface area (Å²) >= 11 is 3.48. The summed E-state index contributed by atoms with van der Waals surface area (Å²) in [6, 6.07) is 6.54. The van der Waals surface area contributed by atoms with Gasteiger partial charge in [-0.2, -0.15) is 0 Å². The summed E-state index contributed by atoms with van der Waals surface area (Å²) < 4.78 is 0. The number of anilines is 1. The standard InChI is InChI=1S/C16H22BrNO/c1-3-13(4-2)16(19)18-10-8-14-11-12(7-9-17)5-6-15(14)18/h5-6,11,13H,3-4,7-10H2,1-2H3. The molecular weight excluding hydrogens is 302 g/mol. The summed E-state index contributed by atoms with van der Waals surface area (Å²) in [5.41, 5.74) is 3.82. The Kier molecular flexibility index (Phi) is 5.03. The molecule has 1 amide bonds. The smallest absolute Gasteiger partial charge is 0.230 e. The number of amides is 1. The Morgan fingerprint density at radius 3 is 2.74 bits per heavy atom. The van der Waals surface area contributed by atoms with Gasteiger partial charge in [0.05, 0.1) is 0 Å². The first kappa shape index (κ1) is 14.6. The lowest BCUT2D eigenvalue weighted by Crippen LogP contribution is -2.34. The van der Waals surface area contributed by atoms with Crippen molar-refractivity contribution >= 4 is 27.5 Å². The van der Waals surface area contributed by atoms with E-state index in [4.69, 9.17) is 0 Å². The molecule has 0 aliphatic carbocycles. The number of aryl methyl sites for hydroxylation is 1. The lowest BCUT2D eigenvalue weighted by atomic mass is 10.0. The molecule has 0 radical (unpaired) electrons. The van der Waals surface area contributed by atoms with Gasteiger partial charge in [0, 0.05) is 23.5 Å². The van der Waals surface area contributed by atoms with E-state index < -0.39 is 0 Å². The first-order chi connectivity index (χ1) is 9.21. The van der Waals surface area contributed by atoms with Crippen LogP contribution in [0.1, 0.15) is 37.8 Å². The molecule has 1 aromatic rings. The normalized spacial score (nSPS) is 14.0. The second-order valence-electron chi connectivity index (χ2n) is 5.16. The Hall–Kier alpha value is -0.830. The van der Waals surface area contributed by atoms with Crippen LogP contribution in [0.15, 0.2) is 18.2 Å². The summed E-state index contributed by atoms with van der Waals surface area (Å²) in [7, 11) is 0. The monoisotopic (exact) mass is 323 g/mol. The molecule has 3 heteroatoms. The van der Waals surface area contributed by atoms with Crippen LogP contribution in [0.2, 0.25) is 0 Å².